The molecule has 1 atom stereocenters. The molecule has 0 saturated carbocycles. The molecular formula is C12H14O3. The van der Waals surface area contributed by atoms with E-state index in [0.717, 1.165) is 5.56 Å². The minimum atomic E-state index is -0.711. The molecule has 0 aliphatic rings. The van der Waals surface area contributed by atoms with Crippen LogP contribution in [0.3, 0.4) is 0 Å². The fraction of sp³-hybridized carbons (Fsp3) is 0.333. The molecule has 0 bridgehead atoms. The first-order valence-electron chi connectivity index (χ1n) is 4.83. The maximum absolute atomic E-state index is 11.3. The molecule has 0 amide bonds. The van der Waals surface area contributed by atoms with E-state index in [1.165, 1.54) is 6.92 Å². The molecule has 0 saturated heterocycles. The van der Waals surface area contributed by atoms with Gasteiger partial charge in [0.1, 0.15) is 12.4 Å². The van der Waals surface area contributed by atoms with Gasteiger partial charge in [0.15, 0.2) is 5.78 Å². The van der Waals surface area contributed by atoms with Crippen LogP contribution in [-0.2, 0) is 16.0 Å². The second-order valence-electron chi connectivity index (χ2n) is 3.48. The van der Waals surface area contributed by atoms with Crippen LogP contribution in [0.5, 0.6) is 0 Å². The Balaban J connectivity index is 2.76. The van der Waals surface area contributed by atoms with Crippen LogP contribution >= 0.6 is 0 Å². The highest BCUT2D eigenvalue weighted by Gasteiger charge is 2.22. The van der Waals surface area contributed by atoms with E-state index in [1.807, 2.05) is 30.3 Å². The largest absolute Gasteiger partial charge is 0.389 e. The van der Waals surface area contributed by atoms with Crippen molar-refractivity contribution in [1.29, 1.82) is 0 Å². The molecular weight excluding hydrogens is 192 g/mol. The van der Waals surface area contributed by atoms with Crippen molar-refractivity contribution in [2.24, 2.45) is 5.92 Å². The summed E-state index contributed by atoms with van der Waals surface area (Å²) < 4.78 is 0. The first kappa shape index (κ1) is 11.6. The van der Waals surface area contributed by atoms with Gasteiger partial charge in [-0.05, 0) is 18.9 Å². The van der Waals surface area contributed by atoms with Crippen molar-refractivity contribution in [3.8, 4) is 0 Å². The van der Waals surface area contributed by atoms with Crippen molar-refractivity contribution in [2.45, 2.75) is 13.3 Å². The Morgan fingerprint density at radius 1 is 1.27 bits per heavy atom. The molecule has 0 aliphatic heterocycles. The lowest BCUT2D eigenvalue weighted by Crippen LogP contribution is -2.26. The van der Waals surface area contributed by atoms with Gasteiger partial charge in [0.2, 0.25) is 0 Å². The van der Waals surface area contributed by atoms with Crippen LogP contribution in [0.2, 0.25) is 0 Å². The monoisotopic (exact) mass is 206 g/mol. The van der Waals surface area contributed by atoms with E-state index >= 15 is 0 Å². The fourth-order valence-electron chi connectivity index (χ4n) is 1.44. The van der Waals surface area contributed by atoms with E-state index in [4.69, 9.17) is 5.11 Å². The van der Waals surface area contributed by atoms with E-state index in [-0.39, 0.29) is 5.78 Å². The Labute approximate surface area is 88.7 Å². The summed E-state index contributed by atoms with van der Waals surface area (Å²) in [6.07, 6.45) is 0.371. The first-order valence-corrected chi connectivity index (χ1v) is 4.83. The van der Waals surface area contributed by atoms with E-state index < -0.39 is 18.3 Å². The molecule has 1 rings (SSSR count). The van der Waals surface area contributed by atoms with Crippen molar-refractivity contribution in [3.05, 3.63) is 35.9 Å². The summed E-state index contributed by atoms with van der Waals surface area (Å²) in [6.45, 7) is 0.804. The average Bonchev–Trinajstić information content (AvgIpc) is 2.26. The van der Waals surface area contributed by atoms with E-state index in [0.29, 0.717) is 6.42 Å². The molecule has 0 radical (unpaired) electrons. The summed E-state index contributed by atoms with van der Waals surface area (Å²) >= 11 is 0. The molecule has 15 heavy (non-hydrogen) atoms. The Hall–Kier alpha value is -1.48. The molecule has 0 fully saturated rings. The zero-order valence-corrected chi connectivity index (χ0v) is 8.64. The lowest BCUT2D eigenvalue weighted by molar-refractivity contribution is -0.133. The number of carbonyl (C=O) groups is 2. The highest BCUT2D eigenvalue weighted by molar-refractivity contribution is 6.02. The van der Waals surface area contributed by atoms with Crippen LogP contribution in [0.25, 0.3) is 0 Å². The number of carbonyl (C=O) groups excluding carboxylic acids is 2. The van der Waals surface area contributed by atoms with Crippen LogP contribution in [0.15, 0.2) is 30.3 Å². The predicted octanol–water partition coefficient (Wildman–Crippen LogP) is 0.996. The number of hydrogen-bond acceptors (Lipinski definition) is 3. The Kier molecular flexibility index (Phi) is 4.18. The number of aliphatic hydroxyl groups excluding tert-OH is 1. The zero-order chi connectivity index (χ0) is 11.3. The topological polar surface area (TPSA) is 54.4 Å². The Bertz CT molecular complexity index is 343. The van der Waals surface area contributed by atoms with Crippen molar-refractivity contribution in [1.82, 2.24) is 0 Å². The molecule has 0 spiro atoms. The van der Waals surface area contributed by atoms with Crippen molar-refractivity contribution < 1.29 is 14.7 Å². The van der Waals surface area contributed by atoms with Crippen molar-refractivity contribution in [2.75, 3.05) is 6.61 Å². The number of ketones is 2. The van der Waals surface area contributed by atoms with Gasteiger partial charge >= 0.3 is 0 Å². The highest BCUT2D eigenvalue weighted by Crippen LogP contribution is 2.10. The molecule has 3 nitrogen and oxygen atoms in total. The highest BCUT2D eigenvalue weighted by atomic mass is 16.3. The quantitative estimate of drug-likeness (QED) is 0.731. The van der Waals surface area contributed by atoms with E-state index in [2.05, 4.69) is 0 Å². The van der Waals surface area contributed by atoms with E-state index in [1.54, 1.807) is 0 Å². The molecule has 0 aliphatic carbocycles. The van der Waals surface area contributed by atoms with Gasteiger partial charge in [0, 0.05) is 0 Å². The molecule has 3 heteroatoms. The summed E-state index contributed by atoms with van der Waals surface area (Å²) in [4.78, 5) is 22.5. The predicted molar refractivity (Wildman–Crippen MR) is 56.4 cm³/mol. The normalized spacial score (nSPS) is 12.1. The molecule has 80 valence electrons. The molecule has 1 aromatic carbocycles. The summed E-state index contributed by atoms with van der Waals surface area (Å²) in [6, 6.07) is 9.31. The van der Waals surface area contributed by atoms with Gasteiger partial charge in [-0.25, -0.2) is 0 Å². The van der Waals surface area contributed by atoms with Gasteiger partial charge in [-0.2, -0.15) is 0 Å². The minimum absolute atomic E-state index is 0.196. The minimum Gasteiger partial charge on any atom is -0.389 e. The first-order chi connectivity index (χ1) is 7.15. The molecule has 1 unspecified atom stereocenters. The fourth-order valence-corrected chi connectivity index (χ4v) is 1.44. The summed E-state index contributed by atoms with van der Waals surface area (Å²) in [7, 11) is 0. The summed E-state index contributed by atoms with van der Waals surface area (Å²) in [5, 5.41) is 8.73. The number of rotatable bonds is 5. The smallest absolute Gasteiger partial charge is 0.168 e. The van der Waals surface area contributed by atoms with Crippen LogP contribution in [0.4, 0.5) is 0 Å². The number of hydrogen-bond donors (Lipinski definition) is 1. The second-order valence-corrected chi connectivity index (χ2v) is 3.48. The average molecular weight is 206 g/mol. The third-order valence-electron chi connectivity index (χ3n) is 2.32. The van der Waals surface area contributed by atoms with Crippen LogP contribution in [0, 0.1) is 5.92 Å². The van der Waals surface area contributed by atoms with E-state index in [9.17, 15) is 9.59 Å². The lowest BCUT2D eigenvalue weighted by Gasteiger charge is -2.10. The number of benzene rings is 1. The van der Waals surface area contributed by atoms with Gasteiger partial charge in [0.25, 0.3) is 0 Å². The Morgan fingerprint density at radius 3 is 2.33 bits per heavy atom. The maximum Gasteiger partial charge on any atom is 0.168 e. The van der Waals surface area contributed by atoms with Crippen LogP contribution in [0.1, 0.15) is 12.5 Å². The van der Waals surface area contributed by atoms with Crippen molar-refractivity contribution in [3.63, 3.8) is 0 Å². The Morgan fingerprint density at radius 2 is 1.87 bits per heavy atom. The lowest BCUT2D eigenvalue weighted by atomic mass is 9.92. The summed E-state index contributed by atoms with van der Waals surface area (Å²) in [5.74, 6) is -1.32. The van der Waals surface area contributed by atoms with Gasteiger partial charge in [-0.3, -0.25) is 9.59 Å². The molecule has 1 N–H and O–H groups in total. The van der Waals surface area contributed by atoms with Crippen LogP contribution < -0.4 is 0 Å². The SMILES string of the molecule is CC(=O)C(Cc1ccccc1)C(=O)CO. The van der Waals surface area contributed by atoms with Crippen LogP contribution in [-0.4, -0.2) is 23.3 Å². The standard InChI is InChI=1S/C12H14O3/c1-9(14)11(12(15)8-13)7-10-5-3-2-4-6-10/h2-6,11,13H,7-8H2,1H3. The van der Waals surface area contributed by atoms with Gasteiger partial charge in [-0.15, -0.1) is 0 Å². The summed E-state index contributed by atoms with van der Waals surface area (Å²) in [5.41, 5.74) is 0.930. The second kappa shape index (κ2) is 5.41. The third kappa shape index (κ3) is 3.29. The number of Topliss-reactive ketones (excluding diaryl/α,β-unsaturated/α-hetero) is 2. The third-order valence-corrected chi connectivity index (χ3v) is 2.32. The maximum atomic E-state index is 11.3. The van der Waals surface area contributed by atoms with Gasteiger partial charge in [-0.1, -0.05) is 30.3 Å². The zero-order valence-electron chi connectivity index (χ0n) is 8.64. The van der Waals surface area contributed by atoms with Crippen molar-refractivity contribution >= 4 is 11.6 Å². The van der Waals surface area contributed by atoms with Gasteiger partial charge in [0.05, 0.1) is 5.92 Å². The molecule has 1 aromatic rings. The van der Waals surface area contributed by atoms with Gasteiger partial charge < -0.3 is 5.11 Å². The number of aliphatic hydroxyl groups is 1. The molecule has 0 aromatic heterocycles. The molecule has 0 heterocycles.